The van der Waals surface area contributed by atoms with Crippen molar-refractivity contribution in [3.63, 3.8) is 0 Å². The molecule has 2 atom stereocenters. The molecule has 0 aromatic heterocycles. The predicted octanol–water partition coefficient (Wildman–Crippen LogP) is 6.21. The van der Waals surface area contributed by atoms with Gasteiger partial charge in [-0.1, -0.05) is 72.4 Å². The molecule has 26 heavy (non-hydrogen) atoms. The number of rotatable bonds is 11. The lowest BCUT2D eigenvalue weighted by Crippen LogP contribution is -2.27. The summed E-state index contributed by atoms with van der Waals surface area (Å²) in [5.41, 5.74) is 2.33. The maximum Gasteiger partial charge on any atom is 0.0450 e. The molecule has 0 saturated heterocycles. The van der Waals surface area contributed by atoms with Crippen molar-refractivity contribution in [1.82, 2.24) is 10.6 Å². The normalized spacial score (nSPS) is 13.5. The van der Waals surface area contributed by atoms with Gasteiger partial charge in [0.2, 0.25) is 0 Å². The Morgan fingerprint density at radius 3 is 1.46 bits per heavy atom. The van der Waals surface area contributed by atoms with Crippen molar-refractivity contribution in [2.45, 2.75) is 64.7 Å². The van der Waals surface area contributed by atoms with E-state index in [1.165, 1.54) is 36.8 Å². The molecule has 0 aliphatic carbocycles. The van der Waals surface area contributed by atoms with E-state index in [0.717, 1.165) is 23.1 Å². The Hall–Kier alpha value is -1.06. The maximum absolute atomic E-state index is 6.20. The second-order valence-corrected chi connectivity index (χ2v) is 7.85. The highest BCUT2D eigenvalue weighted by Crippen LogP contribution is 2.16. The standard InChI is InChI=1S/C22H30Cl2N2/c1-17(25-15-19-11-5-7-13-21(19)23)9-3-4-10-18(2)26-16-20-12-6-8-14-22(20)24/h5-8,11-14,17-18,25-26H,3-4,9-10,15-16H2,1-2H3. The van der Waals surface area contributed by atoms with Crippen LogP contribution in [0.5, 0.6) is 0 Å². The second-order valence-electron chi connectivity index (χ2n) is 7.03. The first-order valence-electron chi connectivity index (χ1n) is 9.50. The average molecular weight is 393 g/mol. The van der Waals surface area contributed by atoms with Crippen molar-refractivity contribution < 1.29 is 0 Å². The highest BCUT2D eigenvalue weighted by molar-refractivity contribution is 6.31. The minimum absolute atomic E-state index is 0.498. The summed E-state index contributed by atoms with van der Waals surface area (Å²) in [6.45, 7) is 6.15. The molecule has 142 valence electrons. The molecule has 2 unspecified atom stereocenters. The molecule has 2 aromatic rings. The molecule has 0 radical (unpaired) electrons. The molecular formula is C22H30Cl2N2. The Balaban J connectivity index is 1.56. The van der Waals surface area contributed by atoms with Crippen LogP contribution in [-0.4, -0.2) is 12.1 Å². The Morgan fingerprint density at radius 1 is 0.692 bits per heavy atom. The lowest BCUT2D eigenvalue weighted by Gasteiger charge is -2.17. The van der Waals surface area contributed by atoms with Crippen LogP contribution in [0.25, 0.3) is 0 Å². The average Bonchev–Trinajstić information content (AvgIpc) is 2.64. The van der Waals surface area contributed by atoms with E-state index >= 15 is 0 Å². The summed E-state index contributed by atoms with van der Waals surface area (Å²) in [6, 6.07) is 17.0. The van der Waals surface area contributed by atoms with Gasteiger partial charge in [-0.05, 0) is 49.9 Å². The van der Waals surface area contributed by atoms with Crippen LogP contribution >= 0.6 is 23.2 Å². The van der Waals surface area contributed by atoms with Crippen molar-refractivity contribution in [3.05, 3.63) is 69.7 Å². The summed E-state index contributed by atoms with van der Waals surface area (Å²) in [4.78, 5) is 0. The molecule has 0 amide bonds. The molecule has 2 rings (SSSR count). The van der Waals surface area contributed by atoms with E-state index in [2.05, 4.69) is 36.6 Å². The summed E-state index contributed by atoms with van der Waals surface area (Å²) >= 11 is 12.4. The third-order valence-corrected chi connectivity index (χ3v) is 5.46. The molecule has 0 spiro atoms. The first-order chi connectivity index (χ1) is 12.6. The number of nitrogens with one attached hydrogen (secondary N) is 2. The zero-order valence-electron chi connectivity index (χ0n) is 15.8. The van der Waals surface area contributed by atoms with E-state index in [4.69, 9.17) is 23.2 Å². The van der Waals surface area contributed by atoms with Crippen LogP contribution in [0.4, 0.5) is 0 Å². The zero-order valence-corrected chi connectivity index (χ0v) is 17.3. The van der Waals surface area contributed by atoms with Crippen LogP contribution in [0.2, 0.25) is 10.0 Å². The van der Waals surface area contributed by atoms with Gasteiger partial charge in [-0.15, -0.1) is 0 Å². The summed E-state index contributed by atoms with van der Waals surface area (Å²) in [5.74, 6) is 0. The molecule has 2 nitrogen and oxygen atoms in total. The number of benzene rings is 2. The number of hydrogen-bond acceptors (Lipinski definition) is 2. The fourth-order valence-electron chi connectivity index (χ4n) is 2.96. The largest absolute Gasteiger partial charge is 0.310 e. The van der Waals surface area contributed by atoms with Gasteiger partial charge in [0.25, 0.3) is 0 Å². The fraction of sp³-hybridized carbons (Fsp3) is 0.455. The van der Waals surface area contributed by atoms with Crippen LogP contribution in [0, 0.1) is 0 Å². The first kappa shape index (κ1) is 21.2. The third-order valence-electron chi connectivity index (χ3n) is 4.72. The van der Waals surface area contributed by atoms with Gasteiger partial charge in [0.05, 0.1) is 0 Å². The van der Waals surface area contributed by atoms with Crippen molar-refractivity contribution in [1.29, 1.82) is 0 Å². The van der Waals surface area contributed by atoms with E-state index in [9.17, 15) is 0 Å². The maximum atomic E-state index is 6.20. The van der Waals surface area contributed by atoms with Gasteiger partial charge in [-0.25, -0.2) is 0 Å². The van der Waals surface area contributed by atoms with E-state index in [0.29, 0.717) is 12.1 Å². The molecule has 0 heterocycles. The van der Waals surface area contributed by atoms with E-state index < -0.39 is 0 Å². The summed E-state index contributed by atoms with van der Waals surface area (Å²) in [6.07, 6.45) is 4.83. The minimum atomic E-state index is 0.498. The SMILES string of the molecule is CC(CCCCC(C)NCc1ccccc1Cl)NCc1ccccc1Cl. The van der Waals surface area contributed by atoms with Gasteiger partial charge in [-0.2, -0.15) is 0 Å². The Labute approximate surface area is 168 Å². The molecule has 2 N–H and O–H groups in total. The molecular weight excluding hydrogens is 363 g/mol. The quantitative estimate of drug-likeness (QED) is 0.444. The third kappa shape index (κ3) is 7.67. The summed E-state index contributed by atoms with van der Waals surface area (Å²) in [5, 5.41) is 8.81. The van der Waals surface area contributed by atoms with E-state index in [1.807, 2.05) is 36.4 Å². The highest BCUT2D eigenvalue weighted by atomic mass is 35.5. The fourth-order valence-corrected chi connectivity index (χ4v) is 3.36. The molecule has 2 aromatic carbocycles. The Bertz CT molecular complexity index is 603. The van der Waals surface area contributed by atoms with Crippen molar-refractivity contribution in [2.24, 2.45) is 0 Å². The molecule has 0 fully saturated rings. The van der Waals surface area contributed by atoms with Gasteiger partial charge >= 0.3 is 0 Å². The highest BCUT2D eigenvalue weighted by Gasteiger charge is 2.06. The van der Waals surface area contributed by atoms with Gasteiger partial charge in [0.15, 0.2) is 0 Å². The molecule has 0 aliphatic heterocycles. The van der Waals surface area contributed by atoms with Gasteiger partial charge in [0, 0.05) is 35.2 Å². The van der Waals surface area contributed by atoms with E-state index in [1.54, 1.807) is 0 Å². The molecule has 0 bridgehead atoms. The van der Waals surface area contributed by atoms with E-state index in [-0.39, 0.29) is 0 Å². The number of halogens is 2. The van der Waals surface area contributed by atoms with Gasteiger partial charge < -0.3 is 10.6 Å². The van der Waals surface area contributed by atoms with Crippen molar-refractivity contribution in [3.8, 4) is 0 Å². The van der Waals surface area contributed by atoms with Gasteiger partial charge in [-0.3, -0.25) is 0 Å². The van der Waals surface area contributed by atoms with Crippen molar-refractivity contribution >= 4 is 23.2 Å². The smallest absolute Gasteiger partial charge is 0.0450 e. The minimum Gasteiger partial charge on any atom is -0.310 e. The summed E-state index contributed by atoms with van der Waals surface area (Å²) in [7, 11) is 0. The van der Waals surface area contributed by atoms with Crippen LogP contribution < -0.4 is 10.6 Å². The lowest BCUT2D eigenvalue weighted by molar-refractivity contribution is 0.449. The lowest BCUT2D eigenvalue weighted by atomic mass is 10.1. The topological polar surface area (TPSA) is 24.1 Å². The second kappa shape index (κ2) is 11.6. The van der Waals surface area contributed by atoms with Gasteiger partial charge in [0.1, 0.15) is 0 Å². The first-order valence-corrected chi connectivity index (χ1v) is 10.3. The number of unbranched alkanes of at least 4 members (excludes halogenated alkanes) is 1. The molecule has 0 aliphatic rings. The molecule has 4 heteroatoms. The zero-order chi connectivity index (χ0) is 18.8. The van der Waals surface area contributed by atoms with Crippen molar-refractivity contribution in [2.75, 3.05) is 0 Å². The Morgan fingerprint density at radius 2 is 1.08 bits per heavy atom. The molecule has 0 saturated carbocycles. The van der Waals surface area contributed by atoms with Crippen LogP contribution in [0.1, 0.15) is 50.7 Å². The van der Waals surface area contributed by atoms with Crippen LogP contribution in [0.15, 0.2) is 48.5 Å². The van der Waals surface area contributed by atoms with Crippen LogP contribution in [0.3, 0.4) is 0 Å². The predicted molar refractivity (Wildman–Crippen MR) is 114 cm³/mol. The summed E-state index contributed by atoms with van der Waals surface area (Å²) < 4.78 is 0. The number of hydrogen-bond donors (Lipinski definition) is 2. The Kier molecular flexibility index (Phi) is 9.49. The van der Waals surface area contributed by atoms with Crippen LogP contribution in [-0.2, 0) is 13.1 Å². The monoisotopic (exact) mass is 392 g/mol.